The fraction of sp³-hybridized carbons (Fsp3) is 0.478. The summed E-state index contributed by atoms with van der Waals surface area (Å²) in [5, 5.41) is 20.5. The number of rotatable bonds is 10. The summed E-state index contributed by atoms with van der Waals surface area (Å²) in [7, 11) is 0. The van der Waals surface area contributed by atoms with E-state index in [1.807, 2.05) is 24.3 Å². The number of hydrogen-bond acceptors (Lipinski definition) is 3. The Morgan fingerprint density at radius 3 is 2.56 bits per heavy atom. The molecule has 4 heteroatoms. The largest absolute Gasteiger partial charge is 0.504 e. The van der Waals surface area contributed by atoms with E-state index in [1.54, 1.807) is 0 Å². The van der Waals surface area contributed by atoms with Crippen LogP contribution in [0.1, 0.15) is 75.5 Å². The van der Waals surface area contributed by atoms with Gasteiger partial charge in [-0.15, -0.1) is 0 Å². The van der Waals surface area contributed by atoms with E-state index in [-0.39, 0.29) is 50.2 Å². The molecular formula is C23H31O3Y-. The normalized spacial score (nSPS) is 18.2. The van der Waals surface area contributed by atoms with Crippen molar-refractivity contribution in [2.75, 3.05) is 0 Å². The molecule has 2 N–H and O–H groups in total. The minimum absolute atomic E-state index is 0. The van der Waals surface area contributed by atoms with Gasteiger partial charge >= 0.3 is 0 Å². The van der Waals surface area contributed by atoms with Crippen LogP contribution in [-0.4, -0.2) is 16.0 Å². The van der Waals surface area contributed by atoms with Crippen LogP contribution in [0.3, 0.4) is 0 Å². The molecule has 0 spiro atoms. The van der Waals surface area contributed by atoms with Crippen molar-refractivity contribution < 1.29 is 47.7 Å². The van der Waals surface area contributed by atoms with Crippen LogP contribution in [0.2, 0.25) is 0 Å². The molecule has 1 aromatic rings. The van der Waals surface area contributed by atoms with Gasteiger partial charge in [0.1, 0.15) is 0 Å². The van der Waals surface area contributed by atoms with Crippen LogP contribution in [0.4, 0.5) is 0 Å². The van der Waals surface area contributed by atoms with Crippen LogP contribution in [0.25, 0.3) is 5.57 Å². The Kier molecular flexibility index (Phi) is 11.4. The van der Waals surface area contributed by atoms with E-state index >= 15 is 0 Å². The number of carbonyl (C=O) groups excluding carboxylic acids is 1. The van der Waals surface area contributed by atoms with Gasteiger partial charge in [-0.3, -0.25) is 4.79 Å². The monoisotopic (exact) mass is 444 g/mol. The number of hydrogen-bond donors (Lipinski definition) is 2. The first-order valence-corrected chi connectivity index (χ1v) is 9.77. The van der Waals surface area contributed by atoms with E-state index in [1.165, 1.54) is 0 Å². The smallest absolute Gasteiger partial charge is 0.198 e. The van der Waals surface area contributed by atoms with Gasteiger partial charge in [0.25, 0.3) is 0 Å². The van der Waals surface area contributed by atoms with Crippen LogP contribution in [0.15, 0.2) is 42.2 Å². The number of benzene rings is 1. The van der Waals surface area contributed by atoms with Crippen molar-refractivity contribution in [2.24, 2.45) is 5.92 Å². The third kappa shape index (κ3) is 6.96. The molecule has 145 valence electrons. The molecule has 1 aromatic carbocycles. The van der Waals surface area contributed by atoms with Crippen LogP contribution in [0, 0.1) is 12.8 Å². The average molecular weight is 444 g/mol. The molecule has 0 amide bonds. The Labute approximate surface area is 188 Å². The second kappa shape index (κ2) is 12.6. The van der Waals surface area contributed by atoms with Crippen LogP contribution >= 0.6 is 0 Å². The standard InChI is InChI=1S/C23H31O3.Y/c1-3-5-7-9-10-19-16-21(25)23(26)22(19)18-14-12-17(13-15-18)20(24)11-8-6-4-2;/h7,9,12-15,19-20,24,26H,1,3-6,8,10-11,16H2,2H3;/q-1;/b9-7-;/t19-,20?;/m0./s1. The molecule has 1 aliphatic rings. The second-order valence-electron chi connectivity index (χ2n) is 7.07. The zero-order chi connectivity index (χ0) is 18.9. The first-order valence-electron chi connectivity index (χ1n) is 9.77. The summed E-state index contributed by atoms with van der Waals surface area (Å²) >= 11 is 0. The Balaban J connectivity index is 0.00000364. The fourth-order valence-electron chi connectivity index (χ4n) is 3.48. The van der Waals surface area contributed by atoms with Crippen LogP contribution < -0.4 is 0 Å². The summed E-state index contributed by atoms with van der Waals surface area (Å²) in [6.45, 7) is 5.96. The van der Waals surface area contributed by atoms with E-state index in [0.717, 1.165) is 61.6 Å². The number of aliphatic hydroxyl groups is 2. The van der Waals surface area contributed by atoms with Crippen molar-refractivity contribution in [1.29, 1.82) is 0 Å². The molecule has 1 radical (unpaired) electrons. The second-order valence-corrected chi connectivity index (χ2v) is 7.07. The summed E-state index contributed by atoms with van der Waals surface area (Å²) in [6, 6.07) is 7.64. The van der Waals surface area contributed by atoms with Gasteiger partial charge in [-0.25, -0.2) is 0 Å². The van der Waals surface area contributed by atoms with Crippen molar-refractivity contribution >= 4 is 11.4 Å². The minimum atomic E-state index is -0.454. The topological polar surface area (TPSA) is 57.5 Å². The number of unbranched alkanes of at least 4 members (excludes halogenated alkanes) is 3. The summed E-state index contributed by atoms with van der Waals surface area (Å²) in [5.41, 5.74) is 2.50. The molecule has 0 saturated carbocycles. The zero-order valence-corrected chi connectivity index (χ0v) is 19.2. The van der Waals surface area contributed by atoms with Gasteiger partial charge in [0.2, 0.25) is 0 Å². The zero-order valence-electron chi connectivity index (χ0n) is 16.4. The molecule has 3 nitrogen and oxygen atoms in total. The molecule has 0 saturated heterocycles. The van der Waals surface area contributed by atoms with Crippen molar-refractivity contribution in [3.8, 4) is 0 Å². The quantitative estimate of drug-likeness (QED) is 0.276. The van der Waals surface area contributed by atoms with Gasteiger partial charge in [0, 0.05) is 44.7 Å². The molecule has 1 aliphatic carbocycles. The molecule has 0 bridgehead atoms. The Morgan fingerprint density at radius 1 is 1.22 bits per heavy atom. The molecular weight excluding hydrogens is 413 g/mol. The van der Waals surface area contributed by atoms with E-state index in [2.05, 4.69) is 26.0 Å². The molecule has 27 heavy (non-hydrogen) atoms. The maximum atomic E-state index is 12.0. The van der Waals surface area contributed by atoms with E-state index in [9.17, 15) is 15.0 Å². The molecule has 1 unspecified atom stereocenters. The van der Waals surface area contributed by atoms with Crippen molar-refractivity contribution in [3.05, 3.63) is 60.2 Å². The van der Waals surface area contributed by atoms with E-state index < -0.39 is 6.10 Å². The van der Waals surface area contributed by atoms with Gasteiger partial charge in [0.05, 0.1) is 6.10 Å². The first kappa shape index (κ1) is 24.3. The van der Waals surface area contributed by atoms with Gasteiger partial charge in [-0.2, -0.15) is 6.42 Å². The maximum Gasteiger partial charge on any atom is 0.198 e. The number of allylic oxidation sites excluding steroid dienone is 4. The van der Waals surface area contributed by atoms with Crippen molar-refractivity contribution in [3.63, 3.8) is 0 Å². The van der Waals surface area contributed by atoms with Crippen LogP contribution in [0.5, 0.6) is 0 Å². The Bertz CT molecular complexity index is 646. The SMILES string of the molecule is [CH2-]CC/C=C\C[C@H]1CC(=O)C(O)=C1c1ccc(C(O)CCCCC)cc1.[Y]. The summed E-state index contributed by atoms with van der Waals surface area (Å²) in [4.78, 5) is 12.0. The average Bonchev–Trinajstić information content (AvgIpc) is 2.93. The first-order chi connectivity index (χ1) is 12.6. The molecule has 0 aliphatic heterocycles. The van der Waals surface area contributed by atoms with Gasteiger partial charge in [-0.05, 0) is 29.9 Å². The predicted molar refractivity (Wildman–Crippen MR) is 107 cm³/mol. The third-order valence-electron chi connectivity index (χ3n) is 5.00. The summed E-state index contributed by atoms with van der Waals surface area (Å²) in [5.74, 6) is -0.264. The van der Waals surface area contributed by atoms with Crippen molar-refractivity contribution in [1.82, 2.24) is 0 Å². The fourth-order valence-corrected chi connectivity index (χ4v) is 3.48. The molecule has 2 rings (SSSR count). The molecule has 0 fully saturated rings. The Morgan fingerprint density at radius 2 is 1.93 bits per heavy atom. The number of Topliss-reactive ketones (excluding diaryl/α,β-unsaturated/α-hetero) is 1. The minimum Gasteiger partial charge on any atom is -0.504 e. The number of ketones is 1. The van der Waals surface area contributed by atoms with Gasteiger partial charge < -0.3 is 17.1 Å². The third-order valence-corrected chi connectivity index (χ3v) is 5.00. The Hall–Kier alpha value is -0.766. The molecule has 2 atom stereocenters. The van der Waals surface area contributed by atoms with E-state index in [0.29, 0.717) is 6.42 Å². The maximum absolute atomic E-state index is 12.0. The predicted octanol–water partition coefficient (Wildman–Crippen LogP) is 5.72. The summed E-state index contributed by atoms with van der Waals surface area (Å²) < 4.78 is 0. The summed E-state index contributed by atoms with van der Waals surface area (Å²) in [6.07, 6.45) is 10.6. The van der Waals surface area contributed by atoms with Crippen molar-refractivity contribution in [2.45, 2.75) is 64.4 Å². The van der Waals surface area contributed by atoms with Gasteiger partial charge in [0.15, 0.2) is 11.5 Å². The van der Waals surface area contributed by atoms with Gasteiger partial charge in [-0.1, -0.05) is 69.0 Å². The molecule has 0 aromatic heterocycles. The number of carbonyl (C=O) groups is 1. The molecule has 0 heterocycles. The van der Waals surface area contributed by atoms with E-state index in [4.69, 9.17) is 0 Å². The number of aliphatic hydroxyl groups excluding tert-OH is 2. The van der Waals surface area contributed by atoms with Crippen LogP contribution in [-0.2, 0) is 37.5 Å².